The van der Waals surface area contributed by atoms with Crippen LogP contribution in [0.25, 0.3) is 0 Å². The number of aromatic nitrogens is 2. The molecule has 0 saturated carbocycles. The Morgan fingerprint density at radius 2 is 1.87 bits per heavy atom. The molecule has 6 N–H and O–H groups in total. The highest BCUT2D eigenvalue weighted by Crippen LogP contribution is 2.63. The van der Waals surface area contributed by atoms with Crippen molar-refractivity contribution < 1.29 is 61.5 Å². The molecule has 1 saturated heterocycles. The minimum absolute atomic E-state index is 0.0998. The van der Waals surface area contributed by atoms with Gasteiger partial charge in [0.05, 0.1) is 0 Å². The molecular formula is C10H16N2O15P3+. The molecule has 1 aromatic rings. The lowest BCUT2D eigenvalue weighted by atomic mass is 10.1. The Morgan fingerprint density at radius 3 is 2.47 bits per heavy atom. The van der Waals surface area contributed by atoms with Gasteiger partial charge in [0, 0.05) is 16.3 Å². The number of nitrogens with zero attached hydrogens (tertiary/aromatic N) is 1. The number of phosphoric acid groups is 2. The van der Waals surface area contributed by atoms with Crippen molar-refractivity contribution in [1.29, 1.82) is 0 Å². The van der Waals surface area contributed by atoms with E-state index in [1.165, 1.54) is 6.92 Å². The van der Waals surface area contributed by atoms with Crippen LogP contribution in [0.15, 0.2) is 15.8 Å². The normalized spacial score (nSPS) is 28.7. The topological polar surface area (TPSA) is 253 Å². The van der Waals surface area contributed by atoms with E-state index in [1.807, 2.05) is 4.98 Å². The van der Waals surface area contributed by atoms with Crippen molar-refractivity contribution in [2.24, 2.45) is 0 Å². The third kappa shape index (κ3) is 6.18. The summed E-state index contributed by atoms with van der Waals surface area (Å²) in [7, 11) is -14.4. The van der Waals surface area contributed by atoms with Crippen LogP contribution in [-0.4, -0.2) is 59.7 Å². The van der Waals surface area contributed by atoms with Gasteiger partial charge in [0.15, 0.2) is 6.23 Å². The average molecular weight is 497 g/mol. The number of aromatic amines is 1. The molecule has 1 aliphatic rings. The standard InChI is InChI=1S/C10H15N2O15P3/c1-4-2-12(10(16)11-8(4)15)9-7(14)6(13)5(24-9)3-23-28(18)26-30(21,22)27-29(19,20)25-17/h2,5-7,9,13-14H,3H2,1H3,(H3-,11,15,16,17,19,20,21,22)/p+1/t5-,6-,7+,9-/m1/s1. The Morgan fingerprint density at radius 1 is 1.23 bits per heavy atom. The number of aliphatic hydroxyl groups is 2. The van der Waals surface area contributed by atoms with Gasteiger partial charge in [-0.25, -0.2) is 19.2 Å². The van der Waals surface area contributed by atoms with Gasteiger partial charge in [0.2, 0.25) is 0 Å². The zero-order valence-corrected chi connectivity index (χ0v) is 17.4. The van der Waals surface area contributed by atoms with Gasteiger partial charge in [-0.1, -0.05) is 0 Å². The largest absolute Gasteiger partial charge is 0.708 e. The van der Waals surface area contributed by atoms with E-state index in [2.05, 4.69) is 17.8 Å². The Hall–Kier alpha value is -1.16. The number of ether oxygens (including phenoxy) is 1. The van der Waals surface area contributed by atoms with Crippen molar-refractivity contribution in [3.05, 3.63) is 32.6 Å². The molecule has 3 unspecified atom stereocenters. The summed E-state index contributed by atoms with van der Waals surface area (Å²) < 4.78 is 54.8. The molecule has 20 heteroatoms. The van der Waals surface area contributed by atoms with Crippen LogP contribution < -0.4 is 11.2 Å². The van der Waals surface area contributed by atoms with Crippen molar-refractivity contribution in [2.75, 3.05) is 6.61 Å². The second kappa shape index (κ2) is 9.54. The van der Waals surface area contributed by atoms with E-state index in [-0.39, 0.29) is 5.56 Å². The van der Waals surface area contributed by atoms with Crippen LogP contribution in [0.1, 0.15) is 11.8 Å². The molecule has 0 spiro atoms. The molecule has 0 radical (unpaired) electrons. The van der Waals surface area contributed by atoms with Crippen molar-refractivity contribution in [3.63, 3.8) is 0 Å². The van der Waals surface area contributed by atoms with Gasteiger partial charge in [0.1, 0.15) is 24.9 Å². The molecule has 2 heterocycles. The van der Waals surface area contributed by atoms with Gasteiger partial charge in [-0.05, 0) is 11.2 Å². The van der Waals surface area contributed by atoms with Gasteiger partial charge in [-0.2, -0.15) is 4.31 Å². The lowest BCUT2D eigenvalue weighted by molar-refractivity contribution is -0.157. The molecule has 0 amide bonds. The third-order valence-electron chi connectivity index (χ3n) is 3.58. The molecule has 30 heavy (non-hydrogen) atoms. The van der Waals surface area contributed by atoms with E-state index in [9.17, 15) is 33.5 Å². The van der Waals surface area contributed by atoms with Gasteiger partial charge < -0.3 is 19.8 Å². The molecule has 170 valence electrons. The number of H-pyrrole nitrogens is 1. The van der Waals surface area contributed by atoms with Crippen LogP contribution in [-0.2, 0) is 36.3 Å². The molecule has 0 aromatic carbocycles. The summed E-state index contributed by atoms with van der Waals surface area (Å²) in [5, 5.41) is 28.1. The summed E-state index contributed by atoms with van der Waals surface area (Å²) in [5.41, 5.74) is -1.52. The maximum Gasteiger partial charge on any atom is 0.708 e. The SMILES string of the molecule is Cc1cn([C@@H]2O[C@H](CO[P+](=O)OP(=O)(O)OP(=O)(O)OO)[C@@H](O)[C@@H]2O)c(=O)[nH]c1=O. The van der Waals surface area contributed by atoms with E-state index in [4.69, 9.17) is 19.8 Å². The molecule has 0 bridgehead atoms. The number of aryl methyl sites for hydroxylation is 1. The van der Waals surface area contributed by atoms with Crippen molar-refractivity contribution in [2.45, 2.75) is 31.5 Å². The minimum atomic E-state index is -5.49. The fourth-order valence-electron chi connectivity index (χ4n) is 2.27. The summed E-state index contributed by atoms with van der Waals surface area (Å²) in [4.78, 5) is 43.1. The quantitative estimate of drug-likeness (QED) is 0.134. The number of hydrogen-bond acceptors (Lipinski definition) is 13. The fourth-order valence-corrected chi connectivity index (χ4v) is 4.96. The second-order valence-corrected chi connectivity index (χ2v) is 9.78. The van der Waals surface area contributed by atoms with Gasteiger partial charge in [-0.3, -0.25) is 19.2 Å². The maximum absolute atomic E-state index is 11.9. The van der Waals surface area contributed by atoms with Gasteiger partial charge in [-0.15, -0.1) is 9.20 Å². The number of nitrogens with one attached hydrogen (secondary N) is 1. The Kier molecular flexibility index (Phi) is 7.99. The second-order valence-electron chi connectivity index (χ2n) is 5.73. The summed E-state index contributed by atoms with van der Waals surface area (Å²) >= 11 is 0. The van der Waals surface area contributed by atoms with Gasteiger partial charge in [0.25, 0.3) is 5.56 Å². The van der Waals surface area contributed by atoms with Crippen LogP contribution in [0.3, 0.4) is 0 Å². The average Bonchev–Trinajstić information content (AvgIpc) is 2.90. The van der Waals surface area contributed by atoms with E-state index in [0.717, 1.165) is 10.8 Å². The zero-order chi connectivity index (χ0) is 22.9. The van der Waals surface area contributed by atoms with Gasteiger partial charge >= 0.3 is 29.6 Å². The van der Waals surface area contributed by atoms with Crippen molar-refractivity contribution in [3.8, 4) is 0 Å². The molecular weight excluding hydrogens is 481 g/mol. The van der Waals surface area contributed by atoms with E-state index < -0.39 is 66.3 Å². The number of aliphatic hydroxyl groups excluding tert-OH is 2. The van der Waals surface area contributed by atoms with Crippen LogP contribution >= 0.6 is 23.9 Å². The summed E-state index contributed by atoms with van der Waals surface area (Å²) in [6.07, 6.45) is -5.19. The Labute approximate surface area is 166 Å². The summed E-state index contributed by atoms with van der Waals surface area (Å²) in [6, 6.07) is 0. The van der Waals surface area contributed by atoms with Crippen LogP contribution in [0.2, 0.25) is 0 Å². The maximum atomic E-state index is 11.9. The number of rotatable bonds is 9. The highest BCUT2D eigenvalue weighted by molar-refractivity contribution is 7.64. The predicted molar refractivity (Wildman–Crippen MR) is 91.1 cm³/mol. The first-order valence-electron chi connectivity index (χ1n) is 7.60. The monoisotopic (exact) mass is 497 g/mol. The molecule has 1 aliphatic heterocycles. The molecule has 1 aromatic heterocycles. The summed E-state index contributed by atoms with van der Waals surface area (Å²) in [5.74, 6) is 0. The fraction of sp³-hybridized carbons (Fsp3) is 0.600. The first-order valence-corrected chi connectivity index (χ1v) is 11.7. The predicted octanol–water partition coefficient (Wildman–Crippen LogP) is -1.14. The molecule has 2 rings (SSSR count). The first kappa shape index (κ1) is 25.1. The van der Waals surface area contributed by atoms with Crippen LogP contribution in [0.5, 0.6) is 0 Å². The first-order chi connectivity index (χ1) is 13.8. The van der Waals surface area contributed by atoms with Crippen LogP contribution in [0.4, 0.5) is 0 Å². The molecule has 7 atom stereocenters. The highest BCUT2D eigenvalue weighted by atomic mass is 31.3. The van der Waals surface area contributed by atoms with Crippen molar-refractivity contribution >= 4 is 23.9 Å². The highest BCUT2D eigenvalue weighted by Gasteiger charge is 2.48. The smallest absolute Gasteiger partial charge is 0.387 e. The van der Waals surface area contributed by atoms with Crippen LogP contribution in [0, 0.1) is 6.92 Å². The third-order valence-corrected chi connectivity index (χ3v) is 7.16. The molecule has 0 aliphatic carbocycles. The number of hydrogen-bond donors (Lipinski definition) is 6. The lowest BCUT2D eigenvalue weighted by Gasteiger charge is -2.17. The lowest BCUT2D eigenvalue weighted by Crippen LogP contribution is -2.38. The van der Waals surface area contributed by atoms with E-state index in [1.54, 1.807) is 0 Å². The zero-order valence-electron chi connectivity index (χ0n) is 14.7. The molecule has 1 fully saturated rings. The van der Waals surface area contributed by atoms with E-state index >= 15 is 0 Å². The van der Waals surface area contributed by atoms with E-state index in [0.29, 0.717) is 0 Å². The summed E-state index contributed by atoms with van der Waals surface area (Å²) in [6.45, 7) is 0.561. The minimum Gasteiger partial charge on any atom is -0.387 e. The Bertz CT molecular complexity index is 1010. The molecule has 17 nitrogen and oxygen atoms in total. The van der Waals surface area contributed by atoms with Crippen molar-refractivity contribution in [1.82, 2.24) is 9.55 Å². The Balaban J connectivity index is 2.02.